The van der Waals surface area contributed by atoms with Crippen molar-refractivity contribution in [3.8, 4) is 11.8 Å². The zero-order valence-corrected chi connectivity index (χ0v) is 11.8. The van der Waals surface area contributed by atoms with Crippen molar-refractivity contribution < 1.29 is 4.39 Å². The van der Waals surface area contributed by atoms with Crippen LogP contribution in [-0.4, -0.2) is 6.54 Å². The molecule has 1 aromatic rings. The summed E-state index contributed by atoms with van der Waals surface area (Å²) in [6.07, 6.45) is 1.81. The molecule has 1 aromatic carbocycles. The Labute approximate surface area is 111 Å². The third kappa shape index (κ3) is 4.49. The molecule has 0 saturated heterocycles. The average Bonchev–Trinajstić information content (AvgIpc) is 2.33. The van der Waals surface area contributed by atoms with Gasteiger partial charge in [-0.05, 0) is 53.5 Å². The maximum absolute atomic E-state index is 13.2. The third-order valence-corrected chi connectivity index (χ3v) is 3.08. The van der Waals surface area contributed by atoms with Gasteiger partial charge in [-0.1, -0.05) is 13.0 Å². The van der Waals surface area contributed by atoms with Crippen molar-refractivity contribution in [2.75, 3.05) is 6.54 Å². The van der Waals surface area contributed by atoms with Gasteiger partial charge >= 0.3 is 0 Å². The summed E-state index contributed by atoms with van der Waals surface area (Å²) in [7, 11) is 0. The fourth-order valence-corrected chi connectivity index (χ4v) is 1.96. The van der Waals surface area contributed by atoms with E-state index in [1.54, 1.807) is 0 Å². The molecule has 92 valence electrons. The molecule has 0 aliphatic heterocycles. The minimum absolute atomic E-state index is 0.166. The summed E-state index contributed by atoms with van der Waals surface area (Å²) in [5.74, 6) is 5.73. The van der Waals surface area contributed by atoms with Crippen molar-refractivity contribution in [2.45, 2.75) is 32.7 Å². The van der Waals surface area contributed by atoms with Crippen molar-refractivity contribution in [2.24, 2.45) is 0 Å². The highest BCUT2D eigenvalue weighted by atomic mass is 79.9. The number of hydrogen-bond acceptors (Lipinski definition) is 1. The largest absolute Gasteiger partial charge is 0.309 e. The zero-order chi connectivity index (χ0) is 12.7. The van der Waals surface area contributed by atoms with Crippen molar-refractivity contribution in [1.29, 1.82) is 0 Å². The number of benzene rings is 1. The van der Waals surface area contributed by atoms with Crippen LogP contribution in [0, 0.1) is 17.7 Å². The first-order valence-electron chi connectivity index (χ1n) is 5.77. The summed E-state index contributed by atoms with van der Waals surface area (Å²) in [5.41, 5.74) is 1.06. The molecule has 0 spiro atoms. The first-order chi connectivity index (χ1) is 8.19. The molecule has 17 heavy (non-hydrogen) atoms. The lowest BCUT2D eigenvalue weighted by molar-refractivity contribution is 0.540. The molecule has 0 radical (unpaired) electrons. The van der Waals surface area contributed by atoms with Crippen LogP contribution < -0.4 is 5.32 Å². The zero-order valence-electron chi connectivity index (χ0n) is 10.2. The lowest BCUT2D eigenvalue weighted by Crippen LogP contribution is -2.21. The smallest absolute Gasteiger partial charge is 0.137 e. The highest BCUT2D eigenvalue weighted by Gasteiger charge is 2.11. The molecule has 0 heterocycles. The van der Waals surface area contributed by atoms with Crippen molar-refractivity contribution in [3.63, 3.8) is 0 Å². The van der Waals surface area contributed by atoms with Crippen LogP contribution in [0.4, 0.5) is 4.39 Å². The Morgan fingerprint density at radius 2 is 2.24 bits per heavy atom. The molecule has 0 aliphatic rings. The average molecular weight is 298 g/mol. The van der Waals surface area contributed by atoms with E-state index in [4.69, 9.17) is 0 Å². The number of hydrogen-bond donors (Lipinski definition) is 1. The van der Waals surface area contributed by atoms with E-state index in [1.807, 2.05) is 19.1 Å². The minimum atomic E-state index is -0.232. The quantitative estimate of drug-likeness (QED) is 0.809. The van der Waals surface area contributed by atoms with Crippen LogP contribution in [0.2, 0.25) is 0 Å². The van der Waals surface area contributed by atoms with Gasteiger partial charge in [-0.25, -0.2) is 4.39 Å². The SMILES string of the molecule is CC#CCC(NCCC)c1ccc(F)c(Br)c1. The Hall–Kier alpha value is -0.850. The topological polar surface area (TPSA) is 12.0 Å². The second-order valence-electron chi connectivity index (χ2n) is 3.81. The molecular formula is C14H17BrFN. The van der Waals surface area contributed by atoms with Crippen LogP contribution >= 0.6 is 15.9 Å². The first-order valence-corrected chi connectivity index (χ1v) is 6.56. The Kier molecular flexibility index (Phi) is 6.25. The van der Waals surface area contributed by atoms with Crippen molar-refractivity contribution in [3.05, 3.63) is 34.1 Å². The van der Waals surface area contributed by atoms with E-state index < -0.39 is 0 Å². The number of rotatable bonds is 5. The van der Waals surface area contributed by atoms with Gasteiger partial charge < -0.3 is 5.32 Å². The van der Waals surface area contributed by atoms with Crippen molar-refractivity contribution in [1.82, 2.24) is 5.32 Å². The van der Waals surface area contributed by atoms with Crippen LogP contribution in [0.15, 0.2) is 22.7 Å². The highest BCUT2D eigenvalue weighted by molar-refractivity contribution is 9.10. The first kappa shape index (κ1) is 14.2. The summed E-state index contributed by atoms with van der Waals surface area (Å²) in [6.45, 7) is 4.89. The Morgan fingerprint density at radius 1 is 1.47 bits per heavy atom. The fraction of sp³-hybridized carbons (Fsp3) is 0.429. The lowest BCUT2D eigenvalue weighted by Gasteiger charge is -2.17. The van der Waals surface area contributed by atoms with Gasteiger partial charge in [-0.2, -0.15) is 0 Å². The molecule has 0 amide bonds. The normalized spacial score (nSPS) is 11.8. The molecule has 3 heteroatoms. The van der Waals surface area contributed by atoms with Gasteiger partial charge in [0.15, 0.2) is 0 Å². The fourth-order valence-electron chi connectivity index (χ4n) is 1.56. The molecule has 1 unspecified atom stereocenters. The van der Waals surface area contributed by atoms with E-state index in [0.717, 1.165) is 24.9 Å². The maximum atomic E-state index is 13.2. The predicted molar refractivity (Wildman–Crippen MR) is 73.2 cm³/mol. The van der Waals surface area contributed by atoms with Crippen LogP contribution in [-0.2, 0) is 0 Å². The summed E-state index contributed by atoms with van der Waals surface area (Å²) in [5, 5.41) is 3.42. The lowest BCUT2D eigenvalue weighted by atomic mass is 10.0. The second kappa shape index (κ2) is 7.47. The summed E-state index contributed by atoms with van der Waals surface area (Å²) < 4.78 is 13.7. The Bertz CT molecular complexity index is 420. The van der Waals surface area contributed by atoms with Gasteiger partial charge in [0.2, 0.25) is 0 Å². The molecule has 0 aliphatic carbocycles. The van der Waals surface area contributed by atoms with E-state index in [-0.39, 0.29) is 11.9 Å². The Balaban J connectivity index is 2.85. The van der Waals surface area contributed by atoms with E-state index in [0.29, 0.717) is 4.47 Å². The molecular weight excluding hydrogens is 281 g/mol. The van der Waals surface area contributed by atoms with E-state index in [1.165, 1.54) is 6.07 Å². The summed E-state index contributed by atoms with van der Waals surface area (Å²) >= 11 is 3.21. The summed E-state index contributed by atoms with van der Waals surface area (Å²) in [6, 6.07) is 5.28. The molecule has 1 N–H and O–H groups in total. The van der Waals surface area contributed by atoms with Gasteiger partial charge in [0, 0.05) is 12.5 Å². The van der Waals surface area contributed by atoms with Crippen LogP contribution in [0.25, 0.3) is 0 Å². The van der Waals surface area contributed by atoms with Gasteiger partial charge in [0.25, 0.3) is 0 Å². The number of nitrogens with one attached hydrogen (secondary N) is 1. The van der Waals surface area contributed by atoms with E-state index >= 15 is 0 Å². The van der Waals surface area contributed by atoms with Crippen molar-refractivity contribution >= 4 is 15.9 Å². The molecule has 0 aromatic heterocycles. The third-order valence-electron chi connectivity index (χ3n) is 2.47. The van der Waals surface area contributed by atoms with E-state index in [2.05, 4.69) is 40.0 Å². The van der Waals surface area contributed by atoms with Gasteiger partial charge in [-0.3, -0.25) is 0 Å². The van der Waals surface area contributed by atoms with Gasteiger partial charge in [0.05, 0.1) is 4.47 Å². The molecule has 1 atom stereocenters. The predicted octanol–water partition coefficient (Wildman–Crippen LogP) is 4.04. The Morgan fingerprint density at radius 3 is 2.82 bits per heavy atom. The molecule has 1 rings (SSSR count). The van der Waals surface area contributed by atoms with Crippen LogP contribution in [0.3, 0.4) is 0 Å². The molecule has 0 bridgehead atoms. The van der Waals surface area contributed by atoms with Gasteiger partial charge in [0.1, 0.15) is 5.82 Å². The monoisotopic (exact) mass is 297 g/mol. The van der Waals surface area contributed by atoms with E-state index in [9.17, 15) is 4.39 Å². The number of halogens is 2. The minimum Gasteiger partial charge on any atom is -0.309 e. The highest BCUT2D eigenvalue weighted by Crippen LogP contribution is 2.23. The van der Waals surface area contributed by atoms with Crippen LogP contribution in [0.5, 0.6) is 0 Å². The molecule has 1 nitrogen and oxygen atoms in total. The molecule has 0 saturated carbocycles. The van der Waals surface area contributed by atoms with Gasteiger partial charge in [-0.15, -0.1) is 11.8 Å². The second-order valence-corrected chi connectivity index (χ2v) is 4.67. The standard InChI is InChI=1S/C14H17BrFN/c1-3-5-6-14(17-9-4-2)11-7-8-13(16)12(15)10-11/h7-8,10,14,17H,4,6,9H2,1-2H3. The summed E-state index contributed by atoms with van der Waals surface area (Å²) in [4.78, 5) is 0. The maximum Gasteiger partial charge on any atom is 0.137 e. The van der Waals surface area contributed by atoms with Crippen LogP contribution in [0.1, 0.15) is 38.3 Å². The molecule has 0 fully saturated rings.